The zero-order valence-corrected chi connectivity index (χ0v) is 20.0. The summed E-state index contributed by atoms with van der Waals surface area (Å²) in [6, 6.07) is 16.9. The summed E-state index contributed by atoms with van der Waals surface area (Å²) >= 11 is 3.47. The number of carbonyl (C=O) groups excluding carboxylic acids is 1. The second-order valence-corrected chi connectivity index (χ2v) is 8.22. The number of amides is 1. The molecule has 7 heteroatoms. The molecule has 0 saturated heterocycles. The van der Waals surface area contributed by atoms with Gasteiger partial charge in [-0.25, -0.2) is 4.39 Å². The van der Waals surface area contributed by atoms with Crippen LogP contribution in [0.5, 0.6) is 11.5 Å². The Morgan fingerprint density at radius 3 is 2.45 bits per heavy atom. The third-order valence-electron chi connectivity index (χ3n) is 5.02. The average Bonchev–Trinajstić information content (AvgIpc) is 2.80. The van der Waals surface area contributed by atoms with E-state index in [1.54, 1.807) is 30.3 Å². The molecule has 0 aromatic heterocycles. The molecule has 3 aromatic rings. The molecule has 0 saturated carbocycles. The van der Waals surface area contributed by atoms with E-state index in [9.17, 15) is 14.4 Å². The Bertz CT molecular complexity index is 1250. The van der Waals surface area contributed by atoms with Gasteiger partial charge in [-0.15, -0.1) is 0 Å². The first-order chi connectivity index (χ1) is 15.8. The summed E-state index contributed by atoms with van der Waals surface area (Å²) in [6.07, 6.45) is 1.48. The van der Waals surface area contributed by atoms with Gasteiger partial charge in [0.05, 0.1) is 7.11 Å². The normalized spacial score (nSPS) is 11.0. The fourth-order valence-corrected chi connectivity index (χ4v) is 3.43. The highest BCUT2D eigenvalue weighted by molar-refractivity contribution is 9.10. The van der Waals surface area contributed by atoms with Gasteiger partial charge in [0.15, 0.2) is 11.5 Å². The first kappa shape index (κ1) is 24.0. The summed E-state index contributed by atoms with van der Waals surface area (Å²) in [4.78, 5) is 12.7. The van der Waals surface area contributed by atoms with Crippen molar-refractivity contribution >= 4 is 33.6 Å². The number of methoxy groups -OCH3 is 1. The van der Waals surface area contributed by atoms with Crippen LogP contribution in [0.25, 0.3) is 6.08 Å². The fourth-order valence-electron chi connectivity index (χ4n) is 3.00. The molecule has 0 fully saturated rings. The highest BCUT2D eigenvalue weighted by Gasteiger charge is 2.14. The van der Waals surface area contributed by atoms with Crippen LogP contribution in [0.1, 0.15) is 22.3 Å². The van der Waals surface area contributed by atoms with Crippen molar-refractivity contribution in [3.8, 4) is 17.6 Å². The zero-order valence-electron chi connectivity index (χ0n) is 18.4. The van der Waals surface area contributed by atoms with Gasteiger partial charge in [0.2, 0.25) is 0 Å². The fraction of sp³-hybridized carbons (Fsp3) is 0.154. The molecule has 0 spiro atoms. The topological polar surface area (TPSA) is 71.3 Å². The van der Waals surface area contributed by atoms with Gasteiger partial charge in [0.25, 0.3) is 5.91 Å². The number of nitriles is 1. The minimum Gasteiger partial charge on any atom is -0.493 e. The molecular weight excluding hydrogens is 487 g/mol. The van der Waals surface area contributed by atoms with Gasteiger partial charge >= 0.3 is 0 Å². The molecule has 3 aromatic carbocycles. The number of hydrogen-bond donors (Lipinski definition) is 1. The van der Waals surface area contributed by atoms with E-state index in [4.69, 9.17) is 9.47 Å². The van der Waals surface area contributed by atoms with Crippen molar-refractivity contribution in [3.05, 3.63) is 92.7 Å². The Balaban J connectivity index is 1.81. The van der Waals surface area contributed by atoms with Crippen LogP contribution in [-0.2, 0) is 11.4 Å². The SMILES string of the molecule is COc1cc(C=C(C#N)C(=O)Nc2ccc(C)c(C)c2)c(Br)cc1OCc1ccc(F)cc1. The van der Waals surface area contributed by atoms with Crippen molar-refractivity contribution < 1.29 is 18.7 Å². The Labute approximate surface area is 200 Å². The summed E-state index contributed by atoms with van der Waals surface area (Å²) in [5.74, 6) is 0.0654. The molecule has 33 heavy (non-hydrogen) atoms. The Morgan fingerprint density at radius 1 is 1.09 bits per heavy atom. The summed E-state index contributed by atoms with van der Waals surface area (Å²) in [5.41, 5.74) is 4.09. The van der Waals surface area contributed by atoms with E-state index in [0.29, 0.717) is 27.2 Å². The monoisotopic (exact) mass is 508 g/mol. The highest BCUT2D eigenvalue weighted by atomic mass is 79.9. The van der Waals surface area contributed by atoms with E-state index < -0.39 is 5.91 Å². The lowest BCUT2D eigenvalue weighted by Crippen LogP contribution is -2.13. The number of nitrogens with zero attached hydrogens (tertiary/aromatic N) is 1. The summed E-state index contributed by atoms with van der Waals surface area (Å²) in [7, 11) is 1.50. The summed E-state index contributed by atoms with van der Waals surface area (Å²) < 4.78 is 25.0. The molecule has 0 atom stereocenters. The van der Waals surface area contributed by atoms with Crippen molar-refractivity contribution in [3.63, 3.8) is 0 Å². The van der Waals surface area contributed by atoms with Crippen LogP contribution < -0.4 is 14.8 Å². The molecule has 3 rings (SSSR count). The minimum absolute atomic E-state index is 0.0593. The Hall–Kier alpha value is -3.63. The molecule has 1 amide bonds. The van der Waals surface area contributed by atoms with Crippen LogP contribution in [0.2, 0.25) is 0 Å². The first-order valence-electron chi connectivity index (χ1n) is 10.1. The van der Waals surface area contributed by atoms with Crippen molar-refractivity contribution in [2.45, 2.75) is 20.5 Å². The quantitative estimate of drug-likeness (QED) is 0.298. The molecule has 1 N–H and O–H groups in total. The predicted molar refractivity (Wildman–Crippen MR) is 130 cm³/mol. The van der Waals surface area contributed by atoms with Gasteiger partial charge in [0.1, 0.15) is 24.1 Å². The van der Waals surface area contributed by atoms with Crippen LogP contribution in [0.3, 0.4) is 0 Å². The number of ether oxygens (including phenoxy) is 2. The first-order valence-corrected chi connectivity index (χ1v) is 10.8. The van der Waals surface area contributed by atoms with E-state index >= 15 is 0 Å². The van der Waals surface area contributed by atoms with Gasteiger partial charge in [-0.05, 0) is 78.6 Å². The van der Waals surface area contributed by atoms with E-state index in [2.05, 4.69) is 21.2 Å². The number of nitrogens with one attached hydrogen (secondary N) is 1. The van der Waals surface area contributed by atoms with Gasteiger partial charge < -0.3 is 14.8 Å². The van der Waals surface area contributed by atoms with E-state index in [1.165, 1.54) is 25.3 Å². The van der Waals surface area contributed by atoms with Crippen molar-refractivity contribution in [1.29, 1.82) is 5.26 Å². The Morgan fingerprint density at radius 2 is 1.82 bits per heavy atom. The molecule has 0 unspecified atom stereocenters. The maximum absolute atomic E-state index is 13.1. The van der Waals surface area contributed by atoms with E-state index in [0.717, 1.165) is 16.7 Å². The highest BCUT2D eigenvalue weighted by Crippen LogP contribution is 2.35. The van der Waals surface area contributed by atoms with Crippen molar-refractivity contribution in [2.75, 3.05) is 12.4 Å². The van der Waals surface area contributed by atoms with E-state index in [-0.39, 0.29) is 18.0 Å². The van der Waals surface area contributed by atoms with E-state index in [1.807, 2.05) is 32.0 Å². The third-order valence-corrected chi connectivity index (χ3v) is 5.71. The number of carbonyl (C=O) groups is 1. The number of benzene rings is 3. The van der Waals surface area contributed by atoms with Crippen LogP contribution in [-0.4, -0.2) is 13.0 Å². The van der Waals surface area contributed by atoms with Gasteiger partial charge in [-0.3, -0.25) is 4.79 Å². The van der Waals surface area contributed by atoms with Crippen LogP contribution in [0, 0.1) is 31.0 Å². The average molecular weight is 509 g/mol. The number of rotatable bonds is 7. The predicted octanol–water partition coefficient (Wildman–Crippen LogP) is 6.34. The van der Waals surface area contributed by atoms with Gasteiger partial charge in [-0.1, -0.05) is 34.1 Å². The van der Waals surface area contributed by atoms with Gasteiger partial charge in [-0.2, -0.15) is 5.26 Å². The second-order valence-electron chi connectivity index (χ2n) is 7.36. The largest absolute Gasteiger partial charge is 0.493 e. The molecule has 0 aliphatic carbocycles. The molecule has 0 bridgehead atoms. The van der Waals surface area contributed by atoms with Crippen LogP contribution in [0.15, 0.2) is 64.6 Å². The summed E-state index contributed by atoms with van der Waals surface area (Å²) in [5, 5.41) is 12.3. The van der Waals surface area contributed by atoms with Crippen molar-refractivity contribution in [2.24, 2.45) is 0 Å². The lowest BCUT2D eigenvalue weighted by Gasteiger charge is -2.13. The molecule has 5 nitrogen and oxygen atoms in total. The maximum Gasteiger partial charge on any atom is 0.266 e. The molecule has 0 heterocycles. The number of aryl methyl sites for hydroxylation is 2. The Kier molecular flexibility index (Phi) is 7.86. The zero-order chi connectivity index (χ0) is 24.0. The number of anilines is 1. The molecule has 168 valence electrons. The summed E-state index contributed by atoms with van der Waals surface area (Å²) in [6.45, 7) is 4.16. The standard InChI is InChI=1S/C26H22BrFN2O3/c1-16-4-9-22(10-17(16)2)30-26(31)20(14-29)11-19-12-24(32-3)25(13-23(19)27)33-15-18-5-7-21(28)8-6-18/h4-13H,15H2,1-3H3,(H,30,31). The number of halogens is 2. The second kappa shape index (κ2) is 10.8. The van der Waals surface area contributed by atoms with Crippen LogP contribution >= 0.6 is 15.9 Å². The molecule has 0 aliphatic rings. The lowest BCUT2D eigenvalue weighted by atomic mass is 10.1. The number of hydrogen-bond acceptors (Lipinski definition) is 4. The molecule has 0 aliphatic heterocycles. The lowest BCUT2D eigenvalue weighted by molar-refractivity contribution is -0.112. The maximum atomic E-state index is 13.1. The van der Waals surface area contributed by atoms with Gasteiger partial charge in [0, 0.05) is 10.2 Å². The van der Waals surface area contributed by atoms with Crippen LogP contribution in [0.4, 0.5) is 10.1 Å². The minimum atomic E-state index is -0.511. The smallest absolute Gasteiger partial charge is 0.266 e. The third kappa shape index (κ3) is 6.21. The molecule has 0 radical (unpaired) electrons. The van der Waals surface area contributed by atoms with Crippen molar-refractivity contribution in [1.82, 2.24) is 0 Å². The molecular formula is C26H22BrFN2O3.